The lowest BCUT2D eigenvalue weighted by molar-refractivity contribution is -0.0365. The van der Waals surface area contributed by atoms with Gasteiger partial charge in [-0.2, -0.15) is 15.1 Å². The maximum atomic E-state index is 12.7. The van der Waals surface area contributed by atoms with E-state index in [2.05, 4.69) is 32.0 Å². The Morgan fingerprint density at radius 3 is 2.64 bits per heavy atom. The molecule has 202 valence electrons. The van der Waals surface area contributed by atoms with Gasteiger partial charge in [-0.3, -0.25) is 4.57 Å². The molecule has 7 atom stereocenters. The second-order valence-electron chi connectivity index (χ2n) is 9.20. The molecule has 0 aromatic carbocycles. The van der Waals surface area contributed by atoms with E-state index in [4.69, 9.17) is 16.3 Å². The average Bonchev–Trinajstić information content (AvgIpc) is 3.45. The number of anilines is 1. The van der Waals surface area contributed by atoms with Crippen LogP contribution < -0.4 is 5.32 Å². The Bertz CT molecular complexity index is 1260. The summed E-state index contributed by atoms with van der Waals surface area (Å²) in [5, 5.41) is 29.2. The number of sulfone groups is 1. The molecule has 14 nitrogen and oxygen atoms in total. The van der Waals surface area contributed by atoms with E-state index in [9.17, 15) is 33.0 Å². The molecule has 17 heteroatoms. The summed E-state index contributed by atoms with van der Waals surface area (Å²) in [6.07, 6.45) is -1.60. The fourth-order valence-corrected chi connectivity index (χ4v) is 8.43. The van der Waals surface area contributed by atoms with E-state index in [1.54, 1.807) is 0 Å². The highest BCUT2D eigenvalue weighted by Crippen LogP contribution is 2.45. The number of ether oxygens (including phenoxy) is 2. The van der Waals surface area contributed by atoms with Gasteiger partial charge in [-0.25, -0.2) is 13.1 Å². The number of aromatic nitrogens is 4. The van der Waals surface area contributed by atoms with Crippen molar-refractivity contribution in [2.24, 2.45) is 5.92 Å². The maximum Gasteiger partial charge on any atom is 0.345 e. The van der Waals surface area contributed by atoms with Crippen LogP contribution in [0.4, 0.5) is 5.82 Å². The molecule has 3 heterocycles. The van der Waals surface area contributed by atoms with Crippen LogP contribution in [0.3, 0.4) is 0 Å². The van der Waals surface area contributed by atoms with E-state index in [0.717, 1.165) is 26.4 Å². The van der Waals surface area contributed by atoms with Gasteiger partial charge in [0.05, 0.1) is 23.9 Å². The predicted octanol–water partition coefficient (Wildman–Crippen LogP) is 0.264. The zero-order chi connectivity index (χ0) is 26.4. The minimum atomic E-state index is -5.10. The minimum Gasteiger partial charge on any atom is -0.387 e. The van der Waals surface area contributed by atoms with Crippen LogP contribution in [0.1, 0.15) is 32.4 Å². The molecule has 5 N–H and O–H groups in total. The van der Waals surface area contributed by atoms with Crippen LogP contribution in [-0.4, -0.2) is 97.0 Å². The Balaban J connectivity index is 1.61. The Morgan fingerprint density at radius 1 is 1.31 bits per heavy atom. The lowest BCUT2D eigenvalue weighted by atomic mass is 10.1. The summed E-state index contributed by atoms with van der Waals surface area (Å²) in [6.45, 7) is 1.38. The van der Waals surface area contributed by atoms with Crippen molar-refractivity contribution in [1.82, 2.24) is 19.7 Å². The molecule has 4 rings (SSSR count). The van der Waals surface area contributed by atoms with Gasteiger partial charge in [-0.05, 0) is 30.4 Å². The second kappa shape index (κ2) is 10.4. The lowest BCUT2D eigenvalue weighted by Gasteiger charge is -2.21. The van der Waals surface area contributed by atoms with Crippen molar-refractivity contribution in [3.63, 3.8) is 0 Å². The van der Waals surface area contributed by atoms with E-state index >= 15 is 0 Å². The van der Waals surface area contributed by atoms with Crippen LogP contribution in [0.25, 0.3) is 11.0 Å². The topological polar surface area (TPSA) is 206 Å². The van der Waals surface area contributed by atoms with Crippen molar-refractivity contribution in [3.05, 3.63) is 11.5 Å². The second-order valence-corrected chi connectivity index (χ2v) is 13.9. The van der Waals surface area contributed by atoms with Crippen LogP contribution >= 0.6 is 19.2 Å². The van der Waals surface area contributed by atoms with E-state index in [1.807, 2.05) is 0 Å². The van der Waals surface area contributed by atoms with Gasteiger partial charge < -0.3 is 34.8 Å². The molecule has 1 aliphatic heterocycles. The highest BCUT2D eigenvalue weighted by atomic mass is 35.5. The van der Waals surface area contributed by atoms with Gasteiger partial charge in [0.2, 0.25) is 5.28 Å². The molecule has 0 spiro atoms. The molecule has 2 aromatic rings. The van der Waals surface area contributed by atoms with Gasteiger partial charge in [0, 0.05) is 13.2 Å². The zero-order valence-corrected chi connectivity index (χ0v) is 22.0. The van der Waals surface area contributed by atoms with E-state index in [0.29, 0.717) is 17.1 Å². The number of hydrogen-bond donors (Lipinski definition) is 5. The lowest BCUT2D eigenvalue weighted by Crippen LogP contribution is -2.39. The fraction of sp³-hybridized carbons (Fsp3) is 0.737. The fourth-order valence-electron chi connectivity index (χ4n) is 4.69. The van der Waals surface area contributed by atoms with Crippen molar-refractivity contribution in [1.29, 1.82) is 0 Å². The molecular formula is C19H29ClN5O9PS. The van der Waals surface area contributed by atoms with E-state index in [1.165, 1.54) is 10.9 Å². The van der Waals surface area contributed by atoms with Crippen LogP contribution in [0.2, 0.25) is 5.28 Å². The SMILES string of the molecule is COCC(P(=O)(O)O)S(=O)(=O)C[C@H]1O[C@@H](n2ncc3c(NC4CCCC4C)nc(Cl)nc32)[C@H](O)[C@@H]1O. The van der Waals surface area contributed by atoms with Crippen LogP contribution in [0.5, 0.6) is 0 Å². The summed E-state index contributed by atoms with van der Waals surface area (Å²) in [7, 11) is -8.52. The summed E-state index contributed by atoms with van der Waals surface area (Å²) in [6, 6.07) is 0.182. The standard InChI is InChI=1S/C19H29ClN5O9PS/c1-9-4-3-5-11(9)22-16-10-6-21-25(17(10)24-19(20)23-16)18-15(27)14(26)12(34-18)8-36(31,32)13(7-33-2)35(28,29)30/h6,9,11-15,18,26-27H,3-5,7-8H2,1-2H3,(H,22,23,24)(H2,28,29,30)/t9?,11?,12-,13?,14-,15-,18-/m1/s1. The molecule has 36 heavy (non-hydrogen) atoms. The first kappa shape index (κ1) is 27.6. The number of rotatable bonds is 9. The highest BCUT2D eigenvalue weighted by Gasteiger charge is 2.50. The van der Waals surface area contributed by atoms with Crippen molar-refractivity contribution in [3.8, 4) is 0 Å². The van der Waals surface area contributed by atoms with Gasteiger partial charge in [0.15, 0.2) is 26.7 Å². The number of aliphatic hydroxyl groups excluding tert-OH is 2. The summed E-state index contributed by atoms with van der Waals surface area (Å²) >= 11 is 6.15. The van der Waals surface area contributed by atoms with Gasteiger partial charge >= 0.3 is 7.60 Å². The third-order valence-electron chi connectivity index (χ3n) is 6.68. The van der Waals surface area contributed by atoms with Gasteiger partial charge in [-0.15, -0.1) is 0 Å². The predicted molar refractivity (Wildman–Crippen MR) is 128 cm³/mol. The molecule has 0 radical (unpaired) electrons. The summed E-state index contributed by atoms with van der Waals surface area (Å²) in [5.74, 6) is -0.0923. The number of hydrogen-bond acceptors (Lipinski definition) is 11. The Labute approximate surface area is 212 Å². The largest absolute Gasteiger partial charge is 0.387 e. The van der Waals surface area contributed by atoms with Gasteiger partial charge in [-0.1, -0.05) is 13.3 Å². The third kappa shape index (κ3) is 5.40. The van der Waals surface area contributed by atoms with Crippen LogP contribution in [0.15, 0.2) is 6.20 Å². The van der Waals surface area contributed by atoms with Crippen LogP contribution in [0, 0.1) is 5.92 Å². The van der Waals surface area contributed by atoms with Crippen molar-refractivity contribution in [2.45, 2.75) is 61.8 Å². The number of nitrogens with one attached hydrogen (secondary N) is 1. The first-order chi connectivity index (χ1) is 16.8. The Kier molecular flexibility index (Phi) is 7.97. The maximum absolute atomic E-state index is 12.7. The molecule has 2 fully saturated rings. The highest BCUT2D eigenvalue weighted by molar-refractivity contribution is 7.98. The quantitative estimate of drug-likeness (QED) is 0.203. The number of fused-ring (bicyclic) bond motifs is 1. The number of nitrogens with zero attached hydrogens (tertiary/aromatic N) is 4. The number of aliphatic hydroxyl groups is 2. The molecule has 1 aliphatic carbocycles. The van der Waals surface area contributed by atoms with Crippen molar-refractivity contribution < 1.29 is 42.5 Å². The van der Waals surface area contributed by atoms with E-state index < -0.39 is 59.3 Å². The monoisotopic (exact) mass is 569 g/mol. The molecule has 1 saturated carbocycles. The minimum absolute atomic E-state index is 0.0892. The smallest absolute Gasteiger partial charge is 0.345 e. The summed E-state index contributed by atoms with van der Waals surface area (Å²) in [5.41, 5.74) is 0.190. The number of halogens is 1. The van der Waals surface area contributed by atoms with Crippen molar-refractivity contribution in [2.75, 3.05) is 24.8 Å². The third-order valence-corrected chi connectivity index (χ3v) is 11.3. The molecule has 3 unspecified atom stereocenters. The van der Waals surface area contributed by atoms with Crippen LogP contribution in [-0.2, 0) is 23.9 Å². The van der Waals surface area contributed by atoms with Gasteiger partial charge in [0.25, 0.3) is 0 Å². The molecule has 1 saturated heterocycles. The Hall–Kier alpha value is -1.42. The van der Waals surface area contributed by atoms with Gasteiger partial charge in [0.1, 0.15) is 24.1 Å². The summed E-state index contributed by atoms with van der Waals surface area (Å²) in [4.78, 5) is 25.3. The van der Waals surface area contributed by atoms with E-state index in [-0.39, 0.29) is 17.0 Å². The summed E-state index contributed by atoms with van der Waals surface area (Å²) < 4.78 is 48.7. The normalized spacial score (nSPS) is 30.2. The molecule has 0 amide bonds. The molecule has 2 aliphatic rings. The molecule has 0 bridgehead atoms. The zero-order valence-electron chi connectivity index (χ0n) is 19.5. The average molecular weight is 570 g/mol. The first-order valence-corrected chi connectivity index (χ1v) is 15.1. The molecule has 2 aromatic heterocycles. The molecular weight excluding hydrogens is 541 g/mol. The van der Waals surface area contributed by atoms with Crippen molar-refractivity contribution >= 4 is 45.9 Å². The Morgan fingerprint density at radius 2 is 2.03 bits per heavy atom. The number of methoxy groups -OCH3 is 1. The first-order valence-electron chi connectivity index (χ1n) is 11.3.